The number of benzene rings is 4. The van der Waals surface area contributed by atoms with Crippen LogP contribution in [0.15, 0.2) is 78.9 Å². The number of likely N-dealkylation sites (tertiary alicyclic amines) is 1. The molecule has 4 aromatic carbocycles. The van der Waals surface area contributed by atoms with Gasteiger partial charge >= 0.3 is 0 Å². The molecule has 2 saturated heterocycles. The largest absolute Gasteiger partial charge is 0.494 e. The molecule has 0 radical (unpaired) electrons. The van der Waals surface area contributed by atoms with Crippen molar-refractivity contribution in [1.82, 2.24) is 15.5 Å². The molecule has 0 saturated carbocycles. The van der Waals surface area contributed by atoms with E-state index >= 15 is 4.79 Å². The van der Waals surface area contributed by atoms with Gasteiger partial charge < -0.3 is 54.8 Å². The molecular formula is C58H76N6O11Si. The van der Waals surface area contributed by atoms with Gasteiger partial charge in [0.05, 0.1) is 74.1 Å². The van der Waals surface area contributed by atoms with Crippen LogP contribution in [0.25, 0.3) is 0 Å². The zero-order valence-corrected chi connectivity index (χ0v) is 45.6. The van der Waals surface area contributed by atoms with E-state index in [1.165, 1.54) is 0 Å². The third kappa shape index (κ3) is 10.7. The van der Waals surface area contributed by atoms with Crippen LogP contribution in [-0.4, -0.2) is 134 Å². The van der Waals surface area contributed by atoms with Gasteiger partial charge in [-0.05, 0) is 175 Å². The fraction of sp³-hybridized carbons (Fsp3) is 0.517. The van der Waals surface area contributed by atoms with Crippen LogP contribution in [0.2, 0.25) is 18.6 Å². The first-order valence-corrected chi connectivity index (χ1v) is 30.4. The van der Waals surface area contributed by atoms with Gasteiger partial charge in [0.25, 0.3) is 5.91 Å². The number of unbranched alkanes of at least 4 members (excludes halogenated alkanes) is 2. The van der Waals surface area contributed by atoms with E-state index in [4.69, 9.17) is 14.2 Å². The topological polar surface area (TPSA) is 214 Å². The maximum absolute atomic E-state index is 16.0. The van der Waals surface area contributed by atoms with Crippen LogP contribution in [0.5, 0.6) is 11.5 Å². The molecule has 0 aliphatic carbocycles. The lowest BCUT2D eigenvalue weighted by molar-refractivity contribution is -0.150. The second-order valence-electron chi connectivity index (χ2n) is 21.5. The molecule has 17 nitrogen and oxygen atoms in total. The molecule has 18 heteroatoms. The maximum Gasteiger partial charge on any atom is 0.264 e. The molecule has 5 aliphatic heterocycles. The van der Waals surface area contributed by atoms with Crippen LogP contribution in [-0.2, 0) is 48.9 Å². The Hall–Kier alpha value is -5.70. The highest BCUT2D eigenvalue weighted by atomic mass is 28.4. The summed E-state index contributed by atoms with van der Waals surface area (Å²) in [4.78, 5) is 78.8. The van der Waals surface area contributed by atoms with Crippen molar-refractivity contribution in [3.8, 4) is 11.5 Å². The van der Waals surface area contributed by atoms with Crippen LogP contribution in [0.3, 0.4) is 0 Å². The van der Waals surface area contributed by atoms with Crippen molar-refractivity contribution < 1.29 is 53.5 Å². The molecule has 9 rings (SSSR count). The highest BCUT2D eigenvalue weighted by molar-refractivity contribution is 6.71. The normalized spacial score (nSPS) is 24.1. The summed E-state index contributed by atoms with van der Waals surface area (Å²) < 4.78 is 19.0. The lowest BCUT2D eigenvalue weighted by Gasteiger charge is -2.36. The number of rotatable bonds is 22. The Balaban J connectivity index is 1.13. The molecule has 2 fully saturated rings. The lowest BCUT2D eigenvalue weighted by atomic mass is 9.82. The van der Waals surface area contributed by atoms with E-state index in [-0.39, 0.29) is 62.5 Å². The molecule has 5 aliphatic rings. The first-order valence-electron chi connectivity index (χ1n) is 27.4. The number of hydrogen-bond acceptors (Lipinski definition) is 13. The lowest BCUT2D eigenvalue weighted by Crippen LogP contribution is -2.49. The number of hydrogen-bond donors (Lipinski definition) is 6. The SMILES string of the molecule is CCOc1ccc2c(c1)CC(NCCCCO)C(=O)N2c1cccc(CN2C(=O)[C@@]3(O[C@@H](CC(=O)N4CCC[C@H]4CO)[C@H]([Si](C)(C)O)[C@H]3C)c3cc(N4C(=O)C(NCCCCO)Cc5cc(OCC)ccc54)ccc32)c1. The van der Waals surface area contributed by atoms with Crippen LogP contribution < -0.4 is 34.8 Å². The zero-order valence-electron chi connectivity index (χ0n) is 44.6. The third-order valence-electron chi connectivity index (χ3n) is 16.1. The monoisotopic (exact) mass is 1060 g/mol. The molecule has 5 heterocycles. The fourth-order valence-electron chi connectivity index (χ4n) is 12.6. The van der Waals surface area contributed by atoms with Crippen molar-refractivity contribution in [3.05, 3.63) is 101 Å². The van der Waals surface area contributed by atoms with E-state index in [2.05, 4.69) is 10.6 Å². The Bertz CT molecular complexity index is 2770. The highest BCUT2D eigenvalue weighted by Crippen LogP contribution is 2.61. The van der Waals surface area contributed by atoms with E-state index in [0.717, 1.165) is 28.8 Å². The Morgan fingerprint density at radius 2 is 1.34 bits per heavy atom. The van der Waals surface area contributed by atoms with Crippen molar-refractivity contribution in [2.45, 2.75) is 134 Å². The number of aliphatic hydroxyl groups excluding tert-OH is 3. The predicted molar refractivity (Wildman–Crippen MR) is 293 cm³/mol. The van der Waals surface area contributed by atoms with E-state index in [1.54, 1.807) is 19.6 Å². The van der Waals surface area contributed by atoms with Crippen LogP contribution >= 0.6 is 0 Å². The molecule has 4 aromatic rings. The van der Waals surface area contributed by atoms with Gasteiger partial charge in [0.1, 0.15) is 11.5 Å². The van der Waals surface area contributed by atoms with Gasteiger partial charge in [-0.25, -0.2) is 0 Å². The Labute approximate surface area is 447 Å². The predicted octanol–water partition coefficient (Wildman–Crippen LogP) is 6.11. The summed E-state index contributed by atoms with van der Waals surface area (Å²) in [5, 5.41) is 36.0. The van der Waals surface area contributed by atoms with Gasteiger partial charge in [0.2, 0.25) is 17.7 Å². The van der Waals surface area contributed by atoms with E-state index in [0.29, 0.717) is 118 Å². The number of ether oxygens (including phenoxy) is 3. The van der Waals surface area contributed by atoms with Gasteiger partial charge in [-0.3, -0.25) is 29.0 Å². The number of amides is 4. The quantitative estimate of drug-likeness (QED) is 0.0388. The van der Waals surface area contributed by atoms with Gasteiger partial charge in [0, 0.05) is 48.2 Å². The minimum absolute atomic E-state index is 0.0485. The third-order valence-corrected chi connectivity index (χ3v) is 18.6. The fourth-order valence-corrected chi connectivity index (χ4v) is 15.2. The summed E-state index contributed by atoms with van der Waals surface area (Å²) in [6, 6.07) is 23.2. The second kappa shape index (κ2) is 23.5. The summed E-state index contributed by atoms with van der Waals surface area (Å²) in [6.07, 6.45) is 3.97. The number of carbonyl (C=O) groups is 4. The Morgan fingerprint density at radius 1 is 0.763 bits per heavy atom. The smallest absolute Gasteiger partial charge is 0.264 e. The number of aliphatic hydroxyl groups is 3. The van der Waals surface area contributed by atoms with E-state index < -0.39 is 43.6 Å². The standard InChI is InChI=1S/C58H76N6O11Si/c1-6-73-44-18-21-49-39(29-44)31-47(59-23-8-10-26-65)55(69)63(49)41-15-12-14-38(28-41)35-62-51-20-17-42(64-50-22-19-45(74-7-2)30-40(50)32-48(56(64)70)60-24-9-11-27-66)33-46(51)58(57(62)71)37(3)54(76(4,5)72)52(75-58)34-53(68)61-25-13-16-43(61)36-67/h12,14-15,17-22,28-30,33,37,43,47-48,52,54,59-60,65-67,72H,6-11,13,16,23-27,31-32,34-36H2,1-5H3/t37-,43+,47?,48?,52+,54-,58+/m1/s1. The summed E-state index contributed by atoms with van der Waals surface area (Å²) in [5.41, 5.74) is 3.90. The van der Waals surface area contributed by atoms with Crippen LogP contribution in [0, 0.1) is 5.92 Å². The molecule has 2 unspecified atom stereocenters. The van der Waals surface area contributed by atoms with Crippen LogP contribution in [0.1, 0.15) is 88.0 Å². The minimum atomic E-state index is -3.23. The zero-order chi connectivity index (χ0) is 53.9. The average Bonchev–Trinajstić information content (AvgIpc) is 4.29. The number of fused-ring (bicyclic) bond motifs is 4. The van der Waals surface area contributed by atoms with Gasteiger partial charge in [0.15, 0.2) is 13.9 Å². The van der Waals surface area contributed by atoms with Crippen molar-refractivity contribution in [3.63, 3.8) is 0 Å². The molecule has 4 amide bonds. The van der Waals surface area contributed by atoms with E-state index in [9.17, 15) is 34.5 Å². The summed E-state index contributed by atoms with van der Waals surface area (Å²) >= 11 is 0. The maximum atomic E-state index is 16.0. The van der Waals surface area contributed by atoms with Gasteiger partial charge in [-0.1, -0.05) is 19.1 Å². The molecule has 6 N–H and O–H groups in total. The first-order chi connectivity index (χ1) is 36.7. The Kier molecular flexibility index (Phi) is 17.0. The molecular weight excluding hydrogens is 985 g/mol. The molecule has 408 valence electrons. The number of nitrogens with zero attached hydrogens (tertiary/aromatic N) is 4. The summed E-state index contributed by atoms with van der Waals surface area (Å²) in [6.45, 7) is 12.0. The number of nitrogens with one attached hydrogen (secondary N) is 2. The number of anilines is 5. The molecule has 0 bridgehead atoms. The van der Waals surface area contributed by atoms with Crippen molar-refractivity contribution in [2.75, 3.05) is 67.4 Å². The van der Waals surface area contributed by atoms with Crippen molar-refractivity contribution >= 4 is 60.4 Å². The summed E-state index contributed by atoms with van der Waals surface area (Å²) in [5.74, 6) is -0.135. The van der Waals surface area contributed by atoms with Crippen molar-refractivity contribution in [1.29, 1.82) is 0 Å². The molecule has 0 aromatic heterocycles. The van der Waals surface area contributed by atoms with Crippen molar-refractivity contribution in [2.24, 2.45) is 5.92 Å². The van der Waals surface area contributed by atoms with Crippen LogP contribution in [0.4, 0.5) is 28.4 Å². The molecule has 1 spiro atoms. The Morgan fingerprint density at radius 3 is 1.89 bits per heavy atom. The van der Waals surface area contributed by atoms with Gasteiger partial charge in [-0.2, -0.15) is 0 Å². The average molecular weight is 1060 g/mol. The first kappa shape index (κ1) is 55.1. The van der Waals surface area contributed by atoms with E-state index in [1.807, 2.05) is 113 Å². The highest BCUT2D eigenvalue weighted by Gasteiger charge is 2.67. The van der Waals surface area contributed by atoms with Gasteiger partial charge in [-0.15, -0.1) is 0 Å². The second-order valence-corrected chi connectivity index (χ2v) is 25.4. The summed E-state index contributed by atoms with van der Waals surface area (Å²) in [7, 11) is -3.23. The number of carbonyl (C=O) groups excluding carboxylic acids is 4. The minimum Gasteiger partial charge on any atom is -0.494 e. The molecule has 76 heavy (non-hydrogen) atoms. The molecule has 7 atom stereocenters.